The van der Waals surface area contributed by atoms with Gasteiger partial charge in [0.1, 0.15) is 0 Å². The molecule has 2 rings (SSSR count). The van der Waals surface area contributed by atoms with Crippen LogP contribution in [0.3, 0.4) is 0 Å². The number of aromatic hydroxyl groups is 1. The van der Waals surface area contributed by atoms with Crippen LogP contribution in [0.1, 0.15) is 0 Å². The highest BCUT2D eigenvalue weighted by Gasteiger charge is 2.02. The molecule has 0 radical (unpaired) electrons. The molecule has 1 N–H and O–H groups in total. The Morgan fingerprint density at radius 1 is 1.27 bits per heavy atom. The van der Waals surface area contributed by atoms with E-state index in [0.29, 0.717) is 0 Å². The maximum absolute atomic E-state index is 9.26. The van der Waals surface area contributed by atoms with Gasteiger partial charge in [0.15, 0.2) is 0 Å². The summed E-state index contributed by atoms with van der Waals surface area (Å²) in [5, 5.41) is 10.3. The zero-order valence-corrected chi connectivity index (χ0v) is 7.25. The van der Waals surface area contributed by atoms with Gasteiger partial charge in [0.2, 0.25) is 5.88 Å². The van der Waals surface area contributed by atoms with Crippen LogP contribution in [0.5, 0.6) is 5.88 Å². The molecule has 11 heavy (non-hydrogen) atoms. The van der Waals surface area contributed by atoms with Crippen molar-refractivity contribution in [3.8, 4) is 5.88 Å². The summed E-state index contributed by atoms with van der Waals surface area (Å²) < 4.78 is 1.57. The first-order valence-corrected chi connectivity index (χ1v) is 3.95. The van der Waals surface area contributed by atoms with Crippen molar-refractivity contribution in [3.63, 3.8) is 0 Å². The van der Waals surface area contributed by atoms with Crippen LogP contribution in [0.25, 0.3) is 10.9 Å². The highest BCUT2D eigenvalue weighted by atomic mass is 79.9. The molecule has 2 aromatic rings. The molecule has 0 fully saturated rings. The summed E-state index contributed by atoms with van der Waals surface area (Å²) in [6.45, 7) is 0. The van der Waals surface area contributed by atoms with Gasteiger partial charge < -0.3 is 5.11 Å². The van der Waals surface area contributed by atoms with Crippen molar-refractivity contribution >= 4 is 27.1 Å². The Bertz CT molecular complexity index is 394. The van der Waals surface area contributed by atoms with E-state index in [0.717, 1.165) is 10.9 Å². The third kappa shape index (κ3) is 0.922. The summed E-state index contributed by atoms with van der Waals surface area (Å²) in [5.41, 5.74) is 0.977. The number of para-hydroxylation sites is 1. The number of rotatable bonds is 0. The zero-order chi connectivity index (χ0) is 7.84. The Morgan fingerprint density at radius 2 is 2.00 bits per heavy atom. The van der Waals surface area contributed by atoms with E-state index in [1.54, 1.807) is 9.66 Å². The Morgan fingerprint density at radius 3 is 2.73 bits per heavy atom. The fourth-order valence-electron chi connectivity index (χ4n) is 1.11. The van der Waals surface area contributed by atoms with Gasteiger partial charge in [0.25, 0.3) is 0 Å². The standard InChI is InChI=1S/C8H6BrNO/c9-10-7-4-2-1-3-6(7)5-8(10)11/h1-5,11H. The largest absolute Gasteiger partial charge is 0.494 e. The van der Waals surface area contributed by atoms with Gasteiger partial charge in [-0.25, -0.2) is 3.59 Å². The van der Waals surface area contributed by atoms with Gasteiger partial charge in [-0.3, -0.25) is 0 Å². The summed E-state index contributed by atoms with van der Waals surface area (Å²) >= 11 is 3.22. The van der Waals surface area contributed by atoms with Crippen molar-refractivity contribution in [2.75, 3.05) is 0 Å². The first kappa shape index (κ1) is 6.73. The van der Waals surface area contributed by atoms with E-state index in [-0.39, 0.29) is 5.88 Å². The number of benzene rings is 1. The van der Waals surface area contributed by atoms with Crippen LogP contribution in [0.15, 0.2) is 30.3 Å². The van der Waals surface area contributed by atoms with Gasteiger partial charge >= 0.3 is 0 Å². The quantitative estimate of drug-likeness (QED) is 0.712. The van der Waals surface area contributed by atoms with E-state index in [1.165, 1.54) is 0 Å². The van der Waals surface area contributed by atoms with Crippen LogP contribution in [0, 0.1) is 0 Å². The van der Waals surface area contributed by atoms with E-state index in [1.807, 2.05) is 24.3 Å². The number of halogens is 1. The lowest BCUT2D eigenvalue weighted by atomic mass is 10.3. The van der Waals surface area contributed by atoms with Gasteiger partial charge in [0.05, 0.1) is 21.7 Å². The van der Waals surface area contributed by atoms with Gasteiger partial charge in [-0.15, -0.1) is 0 Å². The predicted molar refractivity (Wildman–Crippen MR) is 47.9 cm³/mol. The summed E-state index contributed by atoms with van der Waals surface area (Å²) in [4.78, 5) is 0. The Labute approximate surface area is 72.4 Å². The molecule has 0 aliphatic rings. The minimum Gasteiger partial charge on any atom is -0.494 e. The van der Waals surface area contributed by atoms with Gasteiger partial charge in [-0.1, -0.05) is 18.2 Å². The molecule has 0 spiro atoms. The lowest BCUT2D eigenvalue weighted by molar-refractivity contribution is 0.454. The van der Waals surface area contributed by atoms with Gasteiger partial charge in [-0.2, -0.15) is 0 Å². The molecule has 0 amide bonds. The average molecular weight is 212 g/mol. The molecule has 56 valence electrons. The maximum atomic E-state index is 9.26. The summed E-state index contributed by atoms with van der Waals surface area (Å²) in [6.07, 6.45) is 0. The molecule has 0 saturated heterocycles. The number of hydrogen-bond donors (Lipinski definition) is 1. The number of aromatic nitrogens is 1. The van der Waals surface area contributed by atoms with Gasteiger partial charge in [-0.05, 0) is 6.07 Å². The first-order chi connectivity index (χ1) is 5.29. The topological polar surface area (TPSA) is 25.2 Å². The Kier molecular flexibility index (Phi) is 1.39. The Balaban J connectivity index is 2.92. The van der Waals surface area contributed by atoms with Crippen molar-refractivity contribution < 1.29 is 5.11 Å². The van der Waals surface area contributed by atoms with Crippen LogP contribution in [0.4, 0.5) is 0 Å². The van der Waals surface area contributed by atoms with E-state index in [2.05, 4.69) is 16.1 Å². The molecule has 1 heterocycles. The molecule has 1 aromatic carbocycles. The van der Waals surface area contributed by atoms with E-state index >= 15 is 0 Å². The number of hydrogen-bond acceptors (Lipinski definition) is 1. The fraction of sp³-hybridized carbons (Fsp3) is 0. The van der Waals surface area contributed by atoms with Crippen molar-refractivity contribution in [2.45, 2.75) is 0 Å². The maximum Gasteiger partial charge on any atom is 0.202 e. The molecule has 1 aromatic heterocycles. The van der Waals surface area contributed by atoms with Crippen LogP contribution in [0.2, 0.25) is 0 Å². The first-order valence-electron chi connectivity index (χ1n) is 3.24. The summed E-state index contributed by atoms with van der Waals surface area (Å²) in [6, 6.07) is 9.47. The third-order valence-corrected chi connectivity index (χ3v) is 2.38. The molecule has 0 aliphatic heterocycles. The van der Waals surface area contributed by atoms with Crippen molar-refractivity contribution in [1.82, 2.24) is 3.59 Å². The molecule has 0 aliphatic carbocycles. The van der Waals surface area contributed by atoms with E-state index in [9.17, 15) is 5.11 Å². The second-order valence-electron chi connectivity index (χ2n) is 2.34. The monoisotopic (exact) mass is 211 g/mol. The minimum atomic E-state index is 0.228. The van der Waals surface area contributed by atoms with Crippen LogP contribution in [-0.2, 0) is 0 Å². The molecule has 0 bridgehead atoms. The number of fused-ring (bicyclic) bond motifs is 1. The normalized spacial score (nSPS) is 10.6. The van der Waals surface area contributed by atoms with Crippen molar-refractivity contribution in [1.29, 1.82) is 0 Å². The second kappa shape index (κ2) is 2.27. The lowest BCUT2D eigenvalue weighted by Crippen LogP contribution is -1.74. The highest BCUT2D eigenvalue weighted by Crippen LogP contribution is 2.25. The van der Waals surface area contributed by atoms with Crippen LogP contribution < -0.4 is 0 Å². The molecule has 0 atom stereocenters. The highest BCUT2D eigenvalue weighted by molar-refractivity contribution is 9.08. The molecule has 2 nitrogen and oxygen atoms in total. The fourth-order valence-corrected chi connectivity index (χ4v) is 1.53. The van der Waals surface area contributed by atoms with Crippen molar-refractivity contribution in [2.24, 2.45) is 0 Å². The van der Waals surface area contributed by atoms with Crippen molar-refractivity contribution in [3.05, 3.63) is 30.3 Å². The predicted octanol–water partition coefficient (Wildman–Crippen LogP) is 2.50. The second-order valence-corrected chi connectivity index (χ2v) is 3.05. The molecule has 0 saturated carbocycles. The SMILES string of the molecule is Oc1cc2ccccc2n1Br. The molecular weight excluding hydrogens is 206 g/mol. The Hall–Kier alpha value is -0.960. The average Bonchev–Trinajstić information content (AvgIpc) is 2.30. The lowest BCUT2D eigenvalue weighted by Gasteiger charge is -1.92. The minimum absolute atomic E-state index is 0.228. The van der Waals surface area contributed by atoms with Gasteiger partial charge in [0, 0.05) is 11.5 Å². The summed E-state index contributed by atoms with van der Waals surface area (Å²) in [5.74, 6) is 0.228. The van der Waals surface area contributed by atoms with E-state index in [4.69, 9.17) is 0 Å². The number of nitrogens with zero attached hydrogens (tertiary/aromatic N) is 1. The van der Waals surface area contributed by atoms with Crippen LogP contribution in [-0.4, -0.2) is 8.70 Å². The van der Waals surface area contributed by atoms with Crippen LogP contribution >= 0.6 is 16.1 Å². The zero-order valence-electron chi connectivity index (χ0n) is 5.66. The molecular formula is C8H6BrNO. The summed E-state index contributed by atoms with van der Waals surface area (Å²) in [7, 11) is 0. The molecule has 0 unspecified atom stereocenters. The molecule has 3 heteroatoms. The van der Waals surface area contributed by atoms with E-state index < -0.39 is 0 Å². The third-order valence-electron chi connectivity index (χ3n) is 1.63. The smallest absolute Gasteiger partial charge is 0.202 e.